The van der Waals surface area contributed by atoms with E-state index in [0.717, 1.165) is 12.0 Å². The summed E-state index contributed by atoms with van der Waals surface area (Å²) >= 11 is 0. The largest absolute Gasteiger partial charge is 0.476 e. The van der Waals surface area contributed by atoms with Gasteiger partial charge < -0.3 is 9.47 Å². The number of hydrogen-bond acceptors (Lipinski definition) is 3. The molecular formula is C23H30O3. The van der Waals surface area contributed by atoms with Crippen LogP contribution in [0.1, 0.15) is 57.2 Å². The van der Waals surface area contributed by atoms with Gasteiger partial charge in [-0.2, -0.15) is 0 Å². The first-order valence-electron chi connectivity index (χ1n) is 9.42. The molecule has 0 aliphatic heterocycles. The van der Waals surface area contributed by atoms with Crippen LogP contribution in [0.4, 0.5) is 0 Å². The van der Waals surface area contributed by atoms with Gasteiger partial charge in [-0.25, -0.2) is 4.79 Å². The molecule has 0 N–H and O–H groups in total. The first-order chi connectivity index (χ1) is 12.4. The lowest BCUT2D eigenvalue weighted by atomic mass is 9.92. The van der Waals surface area contributed by atoms with Gasteiger partial charge in [0, 0.05) is 6.42 Å². The first-order valence-corrected chi connectivity index (χ1v) is 9.42. The SMILES string of the molecule is CCOC(=O)C(C)(Cc1ccccc1CC)Oc1ccc(C(C)C)cc1. The third-order valence-electron chi connectivity index (χ3n) is 4.62. The standard InChI is InChI=1S/C23H30O3/c1-6-18-10-8-9-11-20(18)16-23(5,22(24)25-7-2)26-21-14-12-19(13-15-21)17(3)4/h8-15,17H,6-7,16H2,1-5H3. The summed E-state index contributed by atoms with van der Waals surface area (Å²) in [6, 6.07) is 16.1. The average molecular weight is 354 g/mol. The summed E-state index contributed by atoms with van der Waals surface area (Å²) in [5.41, 5.74) is 2.51. The second-order valence-corrected chi connectivity index (χ2v) is 7.08. The Balaban J connectivity index is 2.30. The Hall–Kier alpha value is -2.29. The van der Waals surface area contributed by atoms with Crippen molar-refractivity contribution in [3.8, 4) is 5.75 Å². The molecule has 3 nitrogen and oxygen atoms in total. The quantitative estimate of drug-likeness (QED) is 0.602. The highest BCUT2D eigenvalue weighted by atomic mass is 16.6. The number of hydrogen-bond donors (Lipinski definition) is 0. The predicted octanol–water partition coefficient (Wildman–Crippen LogP) is 5.32. The summed E-state index contributed by atoms with van der Waals surface area (Å²) in [6.45, 7) is 10.4. The van der Waals surface area contributed by atoms with Crippen molar-refractivity contribution in [3.05, 3.63) is 65.2 Å². The lowest BCUT2D eigenvalue weighted by Crippen LogP contribution is -2.45. The molecule has 2 aromatic rings. The maximum absolute atomic E-state index is 12.7. The first kappa shape index (κ1) is 20.0. The predicted molar refractivity (Wildman–Crippen MR) is 106 cm³/mol. The van der Waals surface area contributed by atoms with Gasteiger partial charge in [0.05, 0.1) is 6.61 Å². The van der Waals surface area contributed by atoms with Crippen LogP contribution in [0.2, 0.25) is 0 Å². The lowest BCUT2D eigenvalue weighted by Gasteiger charge is -2.29. The van der Waals surface area contributed by atoms with E-state index in [1.807, 2.05) is 50.2 Å². The highest BCUT2D eigenvalue weighted by Crippen LogP contribution is 2.27. The molecule has 0 amide bonds. The van der Waals surface area contributed by atoms with Gasteiger partial charge in [0.2, 0.25) is 5.60 Å². The molecule has 0 spiro atoms. The molecule has 1 atom stereocenters. The molecule has 3 heteroatoms. The van der Waals surface area contributed by atoms with Crippen molar-refractivity contribution in [3.63, 3.8) is 0 Å². The maximum Gasteiger partial charge on any atom is 0.350 e. The van der Waals surface area contributed by atoms with Crippen molar-refractivity contribution < 1.29 is 14.3 Å². The van der Waals surface area contributed by atoms with Crippen LogP contribution < -0.4 is 4.74 Å². The second kappa shape index (κ2) is 8.88. The Morgan fingerprint density at radius 3 is 2.15 bits per heavy atom. The minimum Gasteiger partial charge on any atom is -0.476 e. The average Bonchev–Trinajstić information content (AvgIpc) is 2.62. The Morgan fingerprint density at radius 2 is 1.62 bits per heavy atom. The number of ether oxygens (including phenoxy) is 2. The zero-order valence-corrected chi connectivity index (χ0v) is 16.5. The summed E-state index contributed by atoms with van der Waals surface area (Å²) in [5, 5.41) is 0. The number of carbonyl (C=O) groups is 1. The number of carbonyl (C=O) groups excluding carboxylic acids is 1. The van der Waals surface area contributed by atoms with Crippen LogP contribution in [0.5, 0.6) is 5.75 Å². The fourth-order valence-electron chi connectivity index (χ4n) is 3.05. The van der Waals surface area contributed by atoms with Crippen LogP contribution in [0.15, 0.2) is 48.5 Å². The van der Waals surface area contributed by atoms with Crippen molar-refractivity contribution in [1.29, 1.82) is 0 Å². The molecule has 0 aliphatic rings. The molecule has 1 unspecified atom stereocenters. The molecule has 2 aromatic carbocycles. The third kappa shape index (κ3) is 4.87. The Bertz CT molecular complexity index is 718. The van der Waals surface area contributed by atoms with Crippen molar-refractivity contribution >= 4 is 5.97 Å². The highest BCUT2D eigenvalue weighted by molar-refractivity contribution is 5.80. The summed E-state index contributed by atoms with van der Waals surface area (Å²) < 4.78 is 11.5. The van der Waals surface area contributed by atoms with E-state index in [1.165, 1.54) is 11.1 Å². The number of benzene rings is 2. The smallest absolute Gasteiger partial charge is 0.350 e. The fourth-order valence-corrected chi connectivity index (χ4v) is 3.05. The van der Waals surface area contributed by atoms with E-state index in [-0.39, 0.29) is 5.97 Å². The van der Waals surface area contributed by atoms with Crippen molar-refractivity contribution in [2.75, 3.05) is 6.61 Å². The Morgan fingerprint density at radius 1 is 1.00 bits per heavy atom. The van der Waals surface area contributed by atoms with Gasteiger partial charge in [-0.1, -0.05) is 57.2 Å². The fraction of sp³-hybridized carbons (Fsp3) is 0.435. The highest BCUT2D eigenvalue weighted by Gasteiger charge is 2.38. The summed E-state index contributed by atoms with van der Waals surface area (Å²) in [7, 11) is 0. The minimum atomic E-state index is -1.07. The number of aryl methyl sites for hydroxylation is 1. The molecule has 26 heavy (non-hydrogen) atoms. The molecule has 2 rings (SSSR count). The second-order valence-electron chi connectivity index (χ2n) is 7.08. The van der Waals surface area contributed by atoms with E-state index in [0.29, 0.717) is 24.7 Å². The summed E-state index contributed by atoms with van der Waals surface area (Å²) in [6.07, 6.45) is 1.39. The van der Waals surface area contributed by atoms with Gasteiger partial charge >= 0.3 is 5.97 Å². The van der Waals surface area contributed by atoms with Crippen LogP contribution in [0.25, 0.3) is 0 Å². The molecule has 0 saturated carbocycles. The van der Waals surface area contributed by atoms with E-state index < -0.39 is 5.60 Å². The van der Waals surface area contributed by atoms with Gasteiger partial charge in [-0.3, -0.25) is 0 Å². The molecule has 0 radical (unpaired) electrons. The van der Waals surface area contributed by atoms with Crippen LogP contribution in [-0.4, -0.2) is 18.2 Å². The van der Waals surface area contributed by atoms with Crippen LogP contribution >= 0.6 is 0 Å². The number of rotatable bonds is 8. The van der Waals surface area contributed by atoms with E-state index in [4.69, 9.17) is 9.47 Å². The molecule has 0 bridgehead atoms. The molecule has 0 aliphatic carbocycles. The van der Waals surface area contributed by atoms with Crippen LogP contribution in [0, 0.1) is 0 Å². The molecule has 0 aromatic heterocycles. The lowest BCUT2D eigenvalue weighted by molar-refractivity contribution is -0.160. The van der Waals surface area contributed by atoms with Crippen LogP contribution in [-0.2, 0) is 22.4 Å². The number of esters is 1. The molecule has 0 fully saturated rings. The van der Waals surface area contributed by atoms with Gasteiger partial charge in [0.25, 0.3) is 0 Å². The van der Waals surface area contributed by atoms with Gasteiger partial charge in [-0.05, 0) is 55.0 Å². The topological polar surface area (TPSA) is 35.5 Å². The normalized spacial score (nSPS) is 13.3. The molecule has 0 heterocycles. The molecule has 140 valence electrons. The minimum absolute atomic E-state index is 0.333. The van der Waals surface area contributed by atoms with Crippen molar-refractivity contribution in [2.24, 2.45) is 0 Å². The van der Waals surface area contributed by atoms with E-state index in [1.54, 1.807) is 0 Å². The van der Waals surface area contributed by atoms with Gasteiger partial charge in [0.1, 0.15) is 5.75 Å². The third-order valence-corrected chi connectivity index (χ3v) is 4.62. The molecular weight excluding hydrogens is 324 g/mol. The summed E-state index contributed by atoms with van der Waals surface area (Å²) in [4.78, 5) is 12.7. The van der Waals surface area contributed by atoms with Crippen molar-refractivity contribution in [1.82, 2.24) is 0 Å². The van der Waals surface area contributed by atoms with E-state index in [2.05, 4.69) is 32.9 Å². The monoisotopic (exact) mass is 354 g/mol. The molecule has 0 saturated heterocycles. The maximum atomic E-state index is 12.7. The van der Waals surface area contributed by atoms with E-state index >= 15 is 0 Å². The van der Waals surface area contributed by atoms with Crippen LogP contribution in [0.3, 0.4) is 0 Å². The zero-order chi connectivity index (χ0) is 19.2. The van der Waals surface area contributed by atoms with E-state index in [9.17, 15) is 4.79 Å². The van der Waals surface area contributed by atoms with Gasteiger partial charge in [-0.15, -0.1) is 0 Å². The van der Waals surface area contributed by atoms with Gasteiger partial charge in [0.15, 0.2) is 0 Å². The van der Waals surface area contributed by atoms with Crippen molar-refractivity contribution in [2.45, 2.75) is 59.0 Å². The Kier molecular flexibility index (Phi) is 6.84. The summed E-state index contributed by atoms with van der Waals surface area (Å²) in [5.74, 6) is 0.801. The zero-order valence-electron chi connectivity index (χ0n) is 16.5. The Labute approximate surface area is 157 Å².